The van der Waals surface area contributed by atoms with Gasteiger partial charge in [0.15, 0.2) is 10.9 Å². The van der Waals surface area contributed by atoms with E-state index in [0.29, 0.717) is 29.1 Å². The highest BCUT2D eigenvalue weighted by molar-refractivity contribution is 7.80. The minimum absolute atomic E-state index is 0.0494. The summed E-state index contributed by atoms with van der Waals surface area (Å²) in [6.07, 6.45) is 1.13. The first kappa shape index (κ1) is 22.3. The number of thiocarbonyl (C=S) groups is 1. The van der Waals surface area contributed by atoms with Gasteiger partial charge in [-0.1, -0.05) is 56.3 Å². The van der Waals surface area contributed by atoms with Gasteiger partial charge in [-0.2, -0.15) is 0 Å². The molecule has 0 saturated heterocycles. The van der Waals surface area contributed by atoms with E-state index in [1.165, 1.54) is 12.1 Å². The van der Waals surface area contributed by atoms with Crippen molar-refractivity contribution in [3.63, 3.8) is 0 Å². The molecule has 6 heteroatoms. The van der Waals surface area contributed by atoms with Crippen LogP contribution < -0.4 is 15.5 Å². The van der Waals surface area contributed by atoms with Gasteiger partial charge in [0.1, 0.15) is 5.82 Å². The van der Waals surface area contributed by atoms with E-state index in [1.54, 1.807) is 6.07 Å². The zero-order chi connectivity index (χ0) is 23.9. The number of nitrogens with one attached hydrogen (secondary N) is 2. The van der Waals surface area contributed by atoms with Crippen molar-refractivity contribution in [1.29, 1.82) is 0 Å². The van der Waals surface area contributed by atoms with E-state index < -0.39 is 6.04 Å². The highest BCUT2D eigenvalue weighted by Gasteiger charge is 2.42. The number of carbonyl (C=O) groups is 1. The van der Waals surface area contributed by atoms with E-state index in [-0.39, 0.29) is 17.0 Å². The number of para-hydroxylation sites is 3. The number of benzene rings is 3. The molecule has 3 aromatic carbocycles. The molecule has 2 N–H and O–H groups in total. The number of rotatable bonds is 2. The van der Waals surface area contributed by atoms with Crippen LogP contribution in [0.2, 0.25) is 0 Å². The average Bonchev–Trinajstić information content (AvgIpc) is 2.93. The molecule has 34 heavy (non-hydrogen) atoms. The van der Waals surface area contributed by atoms with Gasteiger partial charge in [-0.25, -0.2) is 4.39 Å². The van der Waals surface area contributed by atoms with E-state index in [1.807, 2.05) is 65.6 Å². The zero-order valence-corrected chi connectivity index (χ0v) is 20.0. The van der Waals surface area contributed by atoms with Crippen molar-refractivity contribution in [2.24, 2.45) is 5.41 Å². The Kier molecular flexibility index (Phi) is 5.70. The maximum absolute atomic E-state index is 14.5. The smallest absolute Gasteiger partial charge is 0.178 e. The molecule has 4 nitrogen and oxygen atoms in total. The third kappa shape index (κ3) is 4.21. The summed E-state index contributed by atoms with van der Waals surface area (Å²) in [5.41, 5.74) is 4.53. The number of hydrogen-bond donors (Lipinski definition) is 2. The normalized spacial score (nSPS) is 19.0. The minimum atomic E-state index is -0.575. The van der Waals surface area contributed by atoms with Crippen LogP contribution in [0.5, 0.6) is 0 Å². The number of halogens is 1. The van der Waals surface area contributed by atoms with Crippen molar-refractivity contribution >= 4 is 40.2 Å². The fourth-order valence-corrected chi connectivity index (χ4v) is 5.23. The van der Waals surface area contributed by atoms with E-state index in [4.69, 9.17) is 12.2 Å². The Balaban J connectivity index is 1.73. The van der Waals surface area contributed by atoms with E-state index >= 15 is 0 Å². The Hall–Kier alpha value is -3.51. The van der Waals surface area contributed by atoms with Gasteiger partial charge in [-0.15, -0.1) is 0 Å². The number of anilines is 3. The predicted octanol–water partition coefficient (Wildman–Crippen LogP) is 6.84. The number of carbonyl (C=O) groups excluding carboxylic acids is 1. The third-order valence-electron chi connectivity index (χ3n) is 6.31. The predicted molar refractivity (Wildman–Crippen MR) is 139 cm³/mol. The lowest BCUT2D eigenvalue weighted by Crippen LogP contribution is -2.41. The molecule has 5 rings (SSSR count). The molecule has 1 atom stereocenters. The monoisotopic (exact) mass is 471 g/mol. The second kappa shape index (κ2) is 8.69. The molecule has 1 aliphatic heterocycles. The van der Waals surface area contributed by atoms with Crippen molar-refractivity contribution in [1.82, 2.24) is 0 Å². The molecule has 0 radical (unpaired) electrons. The molecule has 0 spiro atoms. The molecule has 1 aliphatic carbocycles. The zero-order valence-electron chi connectivity index (χ0n) is 19.1. The van der Waals surface area contributed by atoms with Crippen LogP contribution in [-0.2, 0) is 4.79 Å². The summed E-state index contributed by atoms with van der Waals surface area (Å²) in [5, 5.41) is 7.30. The van der Waals surface area contributed by atoms with Gasteiger partial charge < -0.3 is 15.5 Å². The van der Waals surface area contributed by atoms with Crippen LogP contribution in [-0.4, -0.2) is 10.9 Å². The van der Waals surface area contributed by atoms with Gasteiger partial charge in [0.05, 0.1) is 17.4 Å². The second-order valence-corrected chi connectivity index (χ2v) is 9.99. The Morgan fingerprint density at radius 2 is 1.76 bits per heavy atom. The van der Waals surface area contributed by atoms with Crippen molar-refractivity contribution in [2.45, 2.75) is 32.7 Å². The van der Waals surface area contributed by atoms with E-state index in [2.05, 4.69) is 24.5 Å². The van der Waals surface area contributed by atoms with Gasteiger partial charge in [0.2, 0.25) is 0 Å². The van der Waals surface area contributed by atoms with Crippen molar-refractivity contribution in [3.05, 3.63) is 102 Å². The number of Topliss-reactive ketones (excluding diaryl/α,β-unsaturated/α-hetero) is 1. The summed E-state index contributed by atoms with van der Waals surface area (Å²) < 4.78 is 14.5. The van der Waals surface area contributed by atoms with Gasteiger partial charge >= 0.3 is 0 Å². The van der Waals surface area contributed by atoms with Crippen molar-refractivity contribution in [2.75, 3.05) is 15.5 Å². The van der Waals surface area contributed by atoms with Gasteiger partial charge in [-0.05, 0) is 66.0 Å². The number of ketones is 1. The maximum atomic E-state index is 14.5. The van der Waals surface area contributed by atoms with Crippen LogP contribution in [0.15, 0.2) is 90.1 Å². The van der Waals surface area contributed by atoms with Crippen LogP contribution >= 0.6 is 12.2 Å². The Morgan fingerprint density at radius 1 is 1.03 bits per heavy atom. The first-order chi connectivity index (χ1) is 16.3. The maximum Gasteiger partial charge on any atom is 0.178 e. The standard InChI is InChI=1S/C28H26FN3OS/c1-28(2)16-22-25(24(33)17-28)26(18-9-8-10-19(29)15-18)32(23-14-7-6-13-21(23)31-22)27(34)30-20-11-4-3-5-12-20/h3-15,26,31H,16-17H2,1-2H3,(H,30,34)/t26-/m1/s1. The number of fused-ring (bicyclic) bond motifs is 1. The highest BCUT2D eigenvalue weighted by atomic mass is 32.1. The molecule has 2 aliphatic rings. The molecular weight excluding hydrogens is 445 g/mol. The molecule has 0 bridgehead atoms. The molecule has 3 aromatic rings. The summed E-state index contributed by atoms with van der Waals surface area (Å²) in [6, 6.07) is 23.4. The summed E-state index contributed by atoms with van der Waals surface area (Å²) in [6.45, 7) is 4.20. The summed E-state index contributed by atoms with van der Waals surface area (Å²) in [7, 11) is 0. The molecule has 0 saturated carbocycles. The fraction of sp³-hybridized carbons (Fsp3) is 0.214. The molecule has 1 heterocycles. The average molecular weight is 472 g/mol. The molecule has 0 fully saturated rings. The molecular formula is C28H26FN3OS. The quantitative estimate of drug-likeness (QED) is 0.401. The Morgan fingerprint density at radius 3 is 2.53 bits per heavy atom. The summed E-state index contributed by atoms with van der Waals surface area (Å²) in [5.74, 6) is -0.302. The Bertz CT molecular complexity index is 1300. The second-order valence-electron chi connectivity index (χ2n) is 9.60. The molecule has 0 aromatic heterocycles. The fourth-order valence-electron chi connectivity index (χ4n) is 4.91. The van der Waals surface area contributed by atoms with Crippen LogP contribution in [0.25, 0.3) is 0 Å². The van der Waals surface area contributed by atoms with E-state index in [9.17, 15) is 9.18 Å². The minimum Gasteiger partial charge on any atom is -0.357 e. The van der Waals surface area contributed by atoms with Gasteiger partial charge in [-0.3, -0.25) is 4.79 Å². The number of nitrogens with zero attached hydrogens (tertiary/aromatic N) is 1. The molecule has 0 amide bonds. The lowest BCUT2D eigenvalue weighted by Gasteiger charge is -2.38. The number of hydrogen-bond acceptors (Lipinski definition) is 3. The molecule has 172 valence electrons. The largest absolute Gasteiger partial charge is 0.357 e. The SMILES string of the molecule is CC1(C)CC(=O)C2=C(C1)Nc1ccccc1N(C(=S)Nc1ccccc1)[C@@H]2c1cccc(F)c1. The van der Waals surface area contributed by atoms with Crippen molar-refractivity contribution < 1.29 is 9.18 Å². The van der Waals surface area contributed by atoms with E-state index in [0.717, 1.165) is 22.8 Å². The number of allylic oxidation sites excluding steroid dienone is 1. The van der Waals surface area contributed by atoms with Gasteiger partial charge in [0, 0.05) is 23.4 Å². The molecule has 0 unspecified atom stereocenters. The van der Waals surface area contributed by atoms with Crippen LogP contribution in [0, 0.1) is 11.2 Å². The van der Waals surface area contributed by atoms with Crippen LogP contribution in [0.3, 0.4) is 0 Å². The first-order valence-corrected chi connectivity index (χ1v) is 11.8. The lowest BCUT2D eigenvalue weighted by molar-refractivity contribution is -0.118. The lowest BCUT2D eigenvalue weighted by atomic mass is 9.73. The topological polar surface area (TPSA) is 44.4 Å². The van der Waals surface area contributed by atoms with Gasteiger partial charge in [0.25, 0.3) is 0 Å². The summed E-state index contributed by atoms with van der Waals surface area (Å²) >= 11 is 5.94. The summed E-state index contributed by atoms with van der Waals surface area (Å²) in [4.78, 5) is 15.6. The third-order valence-corrected chi connectivity index (χ3v) is 6.61. The highest BCUT2D eigenvalue weighted by Crippen LogP contribution is 2.48. The van der Waals surface area contributed by atoms with Crippen LogP contribution in [0.1, 0.15) is 38.3 Å². The Labute approximate surface area is 204 Å². The van der Waals surface area contributed by atoms with Crippen LogP contribution in [0.4, 0.5) is 21.5 Å². The first-order valence-electron chi connectivity index (χ1n) is 11.4. The van der Waals surface area contributed by atoms with Crippen molar-refractivity contribution in [3.8, 4) is 0 Å².